The molecule has 1 aromatic carbocycles. The van der Waals surface area contributed by atoms with E-state index in [1.807, 2.05) is 30.3 Å². The summed E-state index contributed by atoms with van der Waals surface area (Å²) < 4.78 is 11.6. The Hall–Kier alpha value is -1.33. The van der Waals surface area contributed by atoms with E-state index in [0.29, 0.717) is 22.9 Å². The number of rotatable bonds is 4. The second-order valence-electron chi connectivity index (χ2n) is 3.35. The molecule has 1 heterocycles. The maximum Gasteiger partial charge on any atom is 0.146 e. The molecule has 0 spiro atoms. The Morgan fingerprint density at radius 1 is 1.35 bits per heavy atom. The topological polar surface area (TPSA) is 48.4 Å². The molecule has 0 unspecified atom stereocenters. The highest BCUT2D eigenvalue weighted by Crippen LogP contribution is 2.27. The number of furan rings is 1. The number of benzene rings is 1. The molecule has 5 heteroatoms. The van der Waals surface area contributed by atoms with Crippen LogP contribution >= 0.6 is 28.1 Å². The summed E-state index contributed by atoms with van der Waals surface area (Å²) in [6.07, 6.45) is 1.61. The minimum atomic E-state index is 0.298. The van der Waals surface area contributed by atoms with Crippen molar-refractivity contribution in [3.8, 4) is 5.75 Å². The van der Waals surface area contributed by atoms with Crippen LogP contribution in [0.25, 0.3) is 0 Å². The van der Waals surface area contributed by atoms with Crippen LogP contribution in [0.15, 0.2) is 45.5 Å². The molecule has 2 aromatic rings. The summed E-state index contributed by atoms with van der Waals surface area (Å²) in [5.74, 6) is 1.39. The van der Waals surface area contributed by atoms with Crippen molar-refractivity contribution in [2.45, 2.75) is 6.61 Å². The van der Waals surface area contributed by atoms with E-state index in [1.165, 1.54) is 0 Å². The Labute approximate surface area is 113 Å². The van der Waals surface area contributed by atoms with E-state index in [4.69, 9.17) is 27.1 Å². The van der Waals surface area contributed by atoms with Gasteiger partial charge in [0, 0.05) is 4.47 Å². The van der Waals surface area contributed by atoms with Crippen molar-refractivity contribution >= 4 is 33.1 Å². The zero-order valence-electron chi connectivity index (χ0n) is 8.85. The smallest absolute Gasteiger partial charge is 0.146 e. The van der Waals surface area contributed by atoms with Crippen LogP contribution in [-0.4, -0.2) is 4.99 Å². The highest BCUT2D eigenvalue weighted by molar-refractivity contribution is 9.10. The van der Waals surface area contributed by atoms with Crippen molar-refractivity contribution in [1.82, 2.24) is 0 Å². The zero-order valence-corrected chi connectivity index (χ0v) is 11.3. The van der Waals surface area contributed by atoms with Crippen LogP contribution < -0.4 is 10.5 Å². The molecule has 0 saturated carbocycles. The maximum atomic E-state index is 5.66. The molecular weight excluding hydrogens is 302 g/mol. The van der Waals surface area contributed by atoms with Gasteiger partial charge in [0.15, 0.2) is 0 Å². The van der Waals surface area contributed by atoms with Crippen LogP contribution in [0.5, 0.6) is 5.75 Å². The zero-order chi connectivity index (χ0) is 12.3. The highest BCUT2D eigenvalue weighted by Gasteiger charge is 2.11. The van der Waals surface area contributed by atoms with Gasteiger partial charge in [-0.2, -0.15) is 0 Å². The minimum Gasteiger partial charge on any atom is -0.485 e. The summed E-state index contributed by atoms with van der Waals surface area (Å²) in [6, 6.07) is 9.21. The van der Waals surface area contributed by atoms with Gasteiger partial charge in [-0.15, -0.1) is 0 Å². The largest absolute Gasteiger partial charge is 0.485 e. The highest BCUT2D eigenvalue weighted by atomic mass is 79.9. The van der Waals surface area contributed by atoms with Crippen molar-refractivity contribution in [2.75, 3.05) is 0 Å². The van der Waals surface area contributed by atoms with E-state index in [1.54, 1.807) is 6.26 Å². The summed E-state index contributed by atoms with van der Waals surface area (Å²) in [6.45, 7) is 0.346. The number of hydrogen-bond donors (Lipinski definition) is 1. The Balaban J connectivity index is 2.21. The fourth-order valence-corrected chi connectivity index (χ4v) is 2.31. The number of thiocarbonyl (C=S) groups is 1. The first kappa shape index (κ1) is 12.1. The third-order valence-corrected chi connectivity index (χ3v) is 3.04. The van der Waals surface area contributed by atoms with Gasteiger partial charge in [-0.1, -0.05) is 18.3 Å². The first-order chi connectivity index (χ1) is 8.18. The second kappa shape index (κ2) is 5.33. The standard InChI is InChI=1S/C12H10BrNO2S/c13-9-4-1-5-10(11(9)12(14)17)16-7-8-3-2-6-15-8/h1-6H,7H2,(H2,14,17). The van der Waals surface area contributed by atoms with Crippen molar-refractivity contribution in [3.05, 3.63) is 52.4 Å². The molecule has 3 nitrogen and oxygen atoms in total. The van der Waals surface area contributed by atoms with Crippen molar-refractivity contribution in [3.63, 3.8) is 0 Å². The van der Waals surface area contributed by atoms with Gasteiger partial charge in [0.1, 0.15) is 23.1 Å². The fourth-order valence-electron chi connectivity index (χ4n) is 1.41. The molecule has 0 aliphatic rings. The molecule has 0 atom stereocenters. The number of hydrogen-bond acceptors (Lipinski definition) is 3. The molecule has 0 amide bonds. The lowest BCUT2D eigenvalue weighted by molar-refractivity contribution is 0.270. The van der Waals surface area contributed by atoms with Crippen molar-refractivity contribution < 1.29 is 9.15 Å². The Morgan fingerprint density at radius 3 is 2.82 bits per heavy atom. The van der Waals surface area contributed by atoms with Gasteiger partial charge < -0.3 is 14.9 Å². The quantitative estimate of drug-likeness (QED) is 0.881. The lowest BCUT2D eigenvalue weighted by Gasteiger charge is -2.10. The Morgan fingerprint density at radius 2 is 2.18 bits per heavy atom. The lowest BCUT2D eigenvalue weighted by atomic mass is 10.2. The van der Waals surface area contributed by atoms with Gasteiger partial charge in [-0.3, -0.25) is 0 Å². The number of nitrogens with two attached hydrogens (primary N) is 1. The van der Waals surface area contributed by atoms with Crippen LogP contribution in [0.1, 0.15) is 11.3 Å². The summed E-state index contributed by atoms with van der Waals surface area (Å²) >= 11 is 8.39. The summed E-state index contributed by atoms with van der Waals surface area (Å²) in [5, 5.41) is 0. The van der Waals surface area contributed by atoms with Gasteiger partial charge in [-0.05, 0) is 40.2 Å². The summed E-state index contributed by atoms with van der Waals surface area (Å²) in [5.41, 5.74) is 6.37. The summed E-state index contributed by atoms with van der Waals surface area (Å²) in [4.78, 5) is 0.298. The molecule has 17 heavy (non-hydrogen) atoms. The third-order valence-electron chi connectivity index (χ3n) is 2.17. The molecule has 2 N–H and O–H groups in total. The monoisotopic (exact) mass is 311 g/mol. The van der Waals surface area contributed by atoms with Gasteiger partial charge in [0.25, 0.3) is 0 Å². The Bertz CT molecular complexity index is 525. The van der Waals surface area contributed by atoms with Crippen LogP contribution in [0.2, 0.25) is 0 Å². The van der Waals surface area contributed by atoms with Crippen molar-refractivity contribution in [2.24, 2.45) is 5.73 Å². The average molecular weight is 312 g/mol. The first-order valence-electron chi connectivity index (χ1n) is 4.92. The van der Waals surface area contributed by atoms with Crippen molar-refractivity contribution in [1.29, 1.82) is 0 Å². The third kappa shape index (κ3) is 2.87. The van der Waals surface area contributed by atoms with Crippen LogP contribution in [0.3, 0.4) is 0 Å². The predicted octanol–water partition coefficient (Wildman–Crippen LogP) is 3.26. The first-order valence-corrected chi connectivity index (χ1v) is 6.12. The molecule has 0 bridgehead atoms. The van der Waals surface area contributed by atoms with Gasteiger partial charge in [0.05, 0.1) is 11.8 Å². The molecule has 2 rings (SSSR count). The van der Waals surface area contributed by atoms with E-state index < -0.39 is 0 Å². The van der Waals surface area contributed by atoms with Crippen LogP contribution in [0.4, 0.5) is 0 Å². The van der Waals surface area contributed by atoms with E-state index >= 15 is 0 Å². The molecule has 0 aliphatic heterocycles. The predicted molar refractivity (Wildman–Crippen MR) is 73.1 cm³/mol. The normalized spacial score (nSPS) is 10.2. The van der Waals surface area contributed by atoms with Gasteiger partial charge in [-0.25, -0.2) is 0 Å². The Kier molecular flexibility index (Phi) is 3.81. The molecule has 0 radical (unpaired) electrons. The fraction of sp³-hybridized carbons (Fsp3) is 0.0833. The lowest BCUT2D eigenvalue weighted by Crippen LogP contribution is -2.12. The van der Waals surface area contributed by atoms with E-state index in [9.17, 15) is 0 Å². The maximum absolute atomic E-state index is 5.66. The van der Waals surface area contributed by atoms with E-state index in [0.717, 1.165) is 10.2 Å². The number of halogens is 1. The van der Waals surface area contributed by atoms with Gasteiger partial charge >= 0.3 is 0 Å². The molecule has 0 aliphatic carbocycles. The average Bonchev–Trinajstić information content (AvgIpc) is 2.78. The second-order valence-corrected chi connectivity index (χ2v) is 4.64. The molecule has 0 fully saturated rings. The SMILES string of the molecule is NC(=S)c1c(Br)cccc1OCc1ccco1. The summed E-state index contributed by atoms with van der Waals surface area (Å²) in [7, 11) is 0. The number of ether oxygens (including phenoxy) is 1. The van der Waals surface area contributed by atoms with E-state index in [2.05, 4.69) is 15.9 Å². The minimum absolute atomic E-state index is 0.298. The van der Waals surface area contributed by atoms with Gasteiger partial charge in [0.2, 0.25) is 0 Å². The molecule has 0 saturated heterocycles. The van der Waals surface area contributed by atoms with Crippen LogP contribution in [0, 0.1) is 0 Å². The van der Waals surface area contributed by atoms with E-state index in [-0.39, 0.29) is 0 Å². The molecule has 1 aromatic heterocycles. The molecular formula is C12H10BrNO2S. The van der Waals surface area contributed by atoms with Crippen LogP contribution in [-0.2, 0) is 6.61 Å². The molecule has 88 valence electrons.